The first kappa shape index (κ1) is 11.1. The van der Waals surface area contributed by atoms with Crippen molar-refractivity contribution in [1.29, 1.82) is 0 Å². The Labute approximate surface area is 85.6 Å². The van der Waals surface area contributed by atoms with Crippen LogP contribution >= 0.6 is 0 Å². The van der Waals surface area contributed by atoms with E-state index in [4.69, 9.17) is 6.42 Å². The smallest absolute Gasteiger partial charge is 0.237 e. The molecule has 1 fully saturated rings. The average Bonchev–Trinajstić information content (AvgIpc) is 2.90. The highest BCUT2D eigenvalue weighted by atomic mass is 16.2. The van der Waals surface area contributed by atoms with Gasteiger partial charge in [0, 0.05) is 6.54 Å². The lowest BCUT2D eigenvalue weighted by Crippen LogP contribution is -2.43. The van der Waals surface area contributed by atoms with Crippen LogP contribution in [0.4, 0.5) is 0 Å². The van der Waals surface area contributed by atoms with Gasteiger partial charge in [-0.15, -0.1) is 6.42 Å². The van der Waals surface area contributed by atoms with Crippen LogP contribution in [0, 0.1) is 17.8 Å². The molecule has 1 aliphatic rings. The summed E-state index contributed by atoms with van der Waals surface area (Å²) in [4.78, 5) is 11.4. The lowest BCUT2D eigenvalue weighted by molar-refractivity contribution is -0.122. The molecule has 1 amide bonds. The van der Waals surface area contributed by atoms with Crippen molar-refractivity contribution in [3.8, 4) is 12.3 Å². The van der Waals surface area contributed by atoms with Crippen molar-refractivity contribution in [2.45, 2.75) is 32.7 Å². The van der Waals surface area contributed by atoms with E-state index in [9.17, 15) is 4.79 Å². The van der Waals surface area contributed by atoms with Crippen molar-refractivity contribution in [3.05, 3.63) is 0 Å². The van der Waals surface area contributed by atoms with Crippen molar-refractivity contribution in [2.24, 2.45) is 5.41 Å². The maximum absolute atomic E-state index is 11.4. The summed E-state index contributed by atoms with van der Waals surface area (Å²) in [5.41, 5.74) is 0.431. The third-order valence-corrected chi connectivity index (χ3v) is 2.70. The molecule has 14 heavy (non-hydrogen) atoms. The molecule has 0 aromatic heterocycles. The van der Waals surface area contributed by atoms with Gasteiger partial charge in [-0.05, 0) is 25.2 Å². The van der Waals surface area contributed by atoms with Crippen LogP contribution in [0.5, 0.6) is 0 Å². The molecule has 0 aromatic carbocycles. The summed E-state index contributed by atoms with van der Waals surface area (Å²) >= 11 is 0. The third-order valence-electron chi connectivity index (χ3n) is 2.70. The van der Waals surface area contributed by atoms with E-state index in [2.05, 4.69) is 23.5 Å². The molecule has 78 valence electrons. The van der Waals surface area contributed by atoms with Gasteiger partial charge in [-0.2, -0.15) is 0 Å². The van der Waals surface area contributed by atoms with E-state index in [0.717, 1.165) is 6.54 Å². The van der Waals surface area contributed by atoms with Crippen molar-refractivity contribution >= 4 is 5.91 Å². The molecule has 1 aliphatic carbocycles. The first-order chi connectivity index (χ1) is 6.57. The highest BCUT2D eigenvalue weighted by molar-refractivity contribution is 5.81. The van der Waals surface area contributed by atoms with Gasteiger partial charge < -0.3 is 10.6 Å². The van der Waals surface area contributed by atoms with Crippen molar-refractivity contribution < 1.29 is 4.79 Å². The largest absolute Gasteiger partial charge is 0.344 e. The Morgan fingerprint density at radius 3 is 2.79 bits per heavy atom. The minimum Gasteiger partial charge on any atom is -0.344 e. The number of nitrogens with one attached hydrogen (secondary N) is 2. The van der Waals surface area contributed by atoms with Gasteiger partial charge in [0.25, 0.3) is 0 Å². The lowest BCUT2D eigenvalue weighted by Gasteiger charge is -2.15. The quantitative estimate of drug-likeness (QED) is 0.626. The Morgan fingerprint density at radius 2 is 2.29 bits per heavy atom. The van der Waals surface area contributed by atoms with Crippen LogP contribution in [-0.2, 0) is 4.79 Å². The van der Waals surface area contributed by atoms with E-state index in [1.54, 1.807) is 0 Å². The van der Waals surface area contributed by atoms with Crippen molar-refractivity contribution in [1.82, 2.24) is 10.6 Å². The number of terminal acetylenes is 1. The topological polar surface area (TPSA) is 41.1 Å². The van der Waals surface area contributed by atoms with Crippen LogP contribution in [0.3, 0.4) is 0 Å². The molecule has 0 aliphatic heterocycles. The Hall–Kier alpha value is -1.01. The van der Waals surface area contributed by atoms with Crippen molar-refractivity contribution in [2.75, 3.05) is 13.1 Å². The molecule has 0 spiro atoms. The number of hydrogen-bond acceptors (Lipinski definition) is 2. The highest BCUT2D eigenvalue weighted by Crippen LogP contribution is 2.44. The molecule has 1 unspecified atom stereocenters. The molecule has 2 N–H and O–H groups in total. The van der Waals surface area contributed by atoms with E-state index in [1.807, 2.05) is 6.92 Å². The zero-order valence-electron chi connectivity index (χ0n) is 8.89. The summed E-state index contributed by atoms with van der Waals surface area (Å²) < 4.78 is 0. The fourth-order valence-corrected chi connectivity index (χ4v) is 1.17. The van der Waals surface area contributed by atoms with Crippen LogP contribution in [0.25, 0.3) is 0 Å². The van der Waals surface area contributed by atoms with Gasteiger partial charge >= 0.3 is 0 Å². The highest BCUT2D eigenvalue weighted by Gasteiger charge is 2.37. The number of carbonyl (C=O) groups excluding carboxylic acids is 1. The molecule has 0 saturated heterocycles. The Kier molecular flexibility index (Phi) is 3.54. The number of carbonyl (C=O) groups is 1. The number of rotatable bonds is 5. The fourth-order valence-electron chi connectivity index (χ4n) is 1.17. The predicted molar refractivity (Wildman–Crippen MR) is 56.6 cm³/mol. The summed E-state index contributed by atoms with van der Waals surface area (Å²) in [6.07, 6.45) is 7.57. The van der Waals surface area contributed by atoms with Gasteiger partial charge in [0.15, 0.2) is 0 Å². The Bertz CT molecular complexity index is 251. The molecule has 0 aromatic rings. The van der Waals surface area contributed by atoms with Gasteiger partial charge in [-0.1, -0.05) is 12.8 Å². The molecule has 3 heteroatoms. The maximum Gasteiger partial charge on any atom is 0.237 e. The Morgan fingerprint density at radius 1 is 1.64 bits per heavy atom. The van der Waals surface area contributed by atoms with Crippen molar-refractivity contribution in [3.63, 3.8) is 0 Å². The van der Waals surface area contributed by atoms with Crippen LogP contribution in [0.2, 0.25) is 0 Å². The summed E-state index contributed by atoms with van der Waals surface area (Å²) in [5.74, 6) is 2.36. The monoisotopic (exact) mass is 194 g/mol. The zero-order valence-corrected chi connectivity index (χ0v) is 8.89. The summed E-state index contributed by atoms with van der Waals surface area (Å²) in [7, 11) is 0. The average molecular weight is 194 g/mol. The molecule has 3 nitrogen and oxygen atoms in total. The lowest BCUT2D eigenvalue weighted by atomic mass is 10.1. The standard InChI is InChI=1S/C11H18N2O/c1-4-7-12-10(14)9(2)13-8-11(3)5-6-11/h1,9,13H,5-8H2,2-3H3,(H,12,14). The van der Waals surface area contributed by atoms with Gasteiger partial charge in [0.1, 0.15) is 0 Å². The molecular formula is C11H18N2O. The van der Waals surface area contributed by atoms with Crippen LogP contribution in [-0.4, -0.2) is 25.0 Å². The number of amides is 1. The summed E-state index contributed by atoms with van der Waals surface area (Å²) in [6.45, 7) is 5.31. The van der Waals surface area contributed by atoms with E-state index in [0.29, 0.717) is 12.0 Å². The SMILES string of the molecule is C#CCNC(=O)C(C)NCC1(C)CC1. The minimum absolute atomic E-state index is 0.0211. The van der Waals surface area contributed by atoms with Crippen LogP contribution < -0.4 is 10.6 Å². The van der Waals surface area contributed by atoms with E-state index in [-0.39, 0.29) is 11.9 Å². The second kappa shape index (κ2) is 4.47. The van der Waals surface area contributed by atoms with Gasteiger partial charge in [0.2, 0.25) is 5.91 Å². The predicted octanol–water partition coefficient (Wildman–Crippen LogP) is 0.514. The molecule has 1 atom stereocenters. The Balaban J connectivity index is 2.17. The first-order valence-electron chi connectivity index (χ1n) is 5.02. The second-order valence-corrected chi connectivity index (χ2v) is 4.34. The normalized spacial score (nSPS) is 19.5. The zero-order chi connectivity index (χ0) is 10.6. The summed E-state index contributed by atoms with van der Waals surface area (Å²) in [6, 6.07) is -0.152. The summed E-state index contributed by atoms with van der Waals surface area (Å²) in [5, 5.41) is 5.86. The van der Waals surface area contributed by atoms with Crippen LogP contribution in [0.15, 0.2) is 0 Å². The first-order valence-corrected chi connectivity index (χ1v) is 5.02. The fraction of sp³-hybridized carbons (Fsp3) is 0.727. The number of hydrogen-bond donors (Lipinski definition) is 2. The van der Waals surface area contributed by atoms with Gasteiger partial charge in [-0.25, -0.2) is 0 Å². The van der Waals surface area contributed by atoms with Gasteiger partial charge in [0.05, 0.1) is 12.6 Å². The molecule has 0 bridgehead atoms. The third kappa shape index (κ3) is 3.39. The molecular weight excluding hydrogens is 176 g/mol. The molecule has 0 heterocycles. The minimum atomic E-state index is -0.152. The van der Waals surface area contributed by atoms with E-state index < -0.39 is 0 Å². The second-order valence-electron chi connectivity index (χ2n) is 4.34. The van der Waals surface area contributed by atoms with Crippen LogP contribution in [0.1, 0.15) is 26.7 Å². The molecule has 1 rings (SSSR count). The van der Waals surface area contributed by atoms with E-state index in [1.165, 1.54) is 12.8 Å². The maximum atomic E-state index is 11.4. The molecule has 1 saturated carbocycles. The molecule has 0 radical (unpaired) electrons. The van der Waals surface area contributed by atoms with E-state index >= 15 is 0 Å². The van der Waals surface area contributed by atoms with Gasteiger partial charge in [-0.3, -0.25) is 4.79 Å².